The summed E-state index contributed by atoms with van der Waals surface area (Å²) in [4.78, 5) is 0. The second-order valence-electron chi connectivity index (χ2n) is 3.20. The fourth-order valence-electron chi connectivity index (χ4n) is 1.36. The Morgan fingerprint density at radius 2 is 2.27 bits per heavy atom. The summed E-state index contributed by atoms with van der Waals surface area (Å²) in [5.41, 5.74) is 0. The van der Waals surface area contributed by atoms with Crippen molar-refractivity contribution >= 4 is 0 Å². The van der Waals surface area contributed by atoms with Crippen LogP contribution >= 0.6 is 0 Å². The van der Waals surface area contributed by atoms with E-state index in [0.29, 0.717) is 12.0 Å². The molecule has 1 saturated heterocycles. The van der Waals surface area contributed by atoms with Crippen LogP contribution in [0.3, 0.4) is 0 Å². The molecule has 2 heteroatoms. The standard InChI is InChI=1S/C9H16O2/c1-7-6-9(4-3-5-10)11-8(7)2/h3-4,7-10H,5-6H2,1-2H3/t7?,8-,9-/m0/s1. The van der Waals surface area contributed by atoms with Gasteiger partial charge >= 0.3 is 0 Å². The molecule has 1 fully saturated rings. The van der Waals surface area contributed by atoms with Crippen molar-refractivity contribution in [2.75, 3.05) is 6.61 Å². The smallest absolute Gasteiger partial charge is 0.0763 e. The molecule has 0 aromatic heterocycles. The Morgan fingerprint density at radius 1 is 1.55 bits per heavy atom. The Balaban J connectivity index is 2.35. The van der Waals surface area contributed by atoms with Crippen LogP contribution in [0.5, 0.6) is 0 Å². The predicted molar refractivity (Wildman–Crippen MR) is 44.3 cm³/mol. The van der Waals surface area contributed by atoms with E-state index >= 15 is 0 Å². The van der Waals surface area contributed by atoms with Crippen molar-refractivity contribution in [2.45, 2.75) is 32.5 Å². The van der Waals surface area contributed by atoms with Gasteiger partial charge < -0.3 is 9.84 Å². The van der Waals surface area contributed by atoms with Crippen LogP contribution in [0.2, 0.25) is 0 Å². The minimum atomic E-state index is 0.114. The summed E-state index contributed by atoms with van der Waals surface area (Å²) < 4.78 is 5.58. The topological polar surface area (TPSA) is 29.5 Å². The molecular weight excluding hydrogens is 140 g/mol. The molecule has 0 bridgehead atoms. The van der Waals surface area contributed by atoms with Gasteiger partial charge in [0.2, 0.25) is 0 Å². The Hall–Kier alpha value is -0.340. The van der Waals surface area contributed by atoms with Gasteiger partial charge in [0.1, 0.15) is 0 Å². The van der Waals surface area contributed by atoms with E-state index < -0.39 is 0 Å². The largest absolute Gasteiger partial charge is 0.392 e. The maximum absolute atomic E-state index is 8.52. The second kappa shape index (κ2) is 3.88. The lowest BCUT2D eigenvalue weighted by atomic mass is 10.0. The molecule has 0 aromatic carbocycles. The van der Waals surface area contributed by atoms with Crippen LogP contribution in [-0.2, 0) is 4.74 Å². The van der Waals surface area contributed by atoms with E-state index in [4.69, 9.17) is 9.84 Å². The number of hydrogen-bond donors (Lipinski definition) is 1. The van der Waals surface area contributed by atoms with E-state index in [1.165, 1.54) is 0 Å². The molecule has 0 saturated carbocycles. The van der Waals surface area contributed by atoms with E-state index in [1.54, 1.807) is 6.08 Å². The van der Waals surface area contributed by atoms with Crippen molar-refractivity contribution in [2.24, 2.45) is 5.92 Å². The molecule has 3 atom stereocenters. The normalized spacial score (nSPS) is 38.6. The van der Waals surface area contributed by atoms with Gasteiger partial charge in [0, 0.05) is 0 Å². The zero-order valence-corrected chi connectivity index (χ0v) is 7.16. The predicted octanol–water partition coefficient (Wildman–Crippen LogP) is 1.35. The summed E-state index contributed by atoms with van der Waals surface area (Å²) in [6, 6.07) is 0. The van der Waals surface area contributed by atoms with E-state index in [0.717, 1.165) is 6.42 Å². The summed E-state index contributed by atoms with van der Waals surface area (Å²) >= 11 is 0. The van der Waals surface area contributed by atoms with E-state index in [1.807, 2.05) is 6.08 Å². The number of aliphatic hydroxyl groups excluding tert-OH is 1. The van der Waals surface area contributed by atoms with Crippen molar-refractivity contribution in [3.8, 4) is 0 Å². The lowest BCUT2D eigenvalue weighted by molar-refractivity contribution is 0.0721. The highest BCUT2D eigenvalue weighted by atomic mass is 16.5. The fourth-order valence-corrected chi connectivity index (χ4v) is 1.36. The highest BCUT2D eigenvalue weighted by molar-refractivity contribution is 4.94. The molecule has 1 unspecified atom stereocenters. The monoisotopic (exact) mass is 156 g/mol. The minimum absolute atomic E-state index is 0.114. The Morgan fingerprint density at radius 3 is 2.73 bits per heavy atom. The number of rotatable bonds is 2. The van der Waals surface area contributed by atoms with Crippen LogP contribution < -0.4 is 0 Å². The first-order chi connectivity index (χ1) is 5.24. The third-order valence-corrected chi connectivity index (χ3v) is 2.25. The number of hydrogen-bond acceptors (Lipinski definition) is 2. The first-order valence-corrected chi connectivity index (χ1v) is 4.17. The van der Waals surface area contributed by atoms with E-state index in [2.05, 4.69) is 13.8 Å². The van der Waals surface area contributed by atoms with Crippen LogP contribution in [0, 0.1) is 5.92 Å². The molecule has 1 aliphatic rings. The Kier molecular flexibility index (Phi) is 3.09. The first kappa shape index (κ1) is 8.75. The molecule has 0 radical (unpaired) electrons. The van der Waals surface area contributed by atoms with Crippen LogP contribution in [0.15, 0.2) is 12.2 Å². The van der Waals surface area contributed by atoms with Crippen LogP contribution in [0.4, 0.5) is 0 Å². The van der Waals surface area contributed by atoms with Crippen LogP contribution in [-0.4, -0.2) is 23.9 Å². The number of aliphatic hydroxyl groups is 1. The maximum atomic E-state index is 8.52. The summed E-state index contributed by atoms with van der Waals surface area (Å²) in [5.74, 6) is 0.642. The van der Waals surface area contributed by atoms with Gasteiger partial charge in [0.25, 0.3) is 0 Å². The minimum Gasteiger partial charge on any atom is -0.392 e. The van der Waals surface area contributed by atoms with Gasteiger partial charge in [-0.25, -0.2) is 0 Å². The summed E-state index contributed by atoms with van der Waals surface area (Å²) in [5, 5.41) is 8.52. The van der Waals surface area contributed by atoms with Crippen molar-refractivity contribution in [1.29, 1.82) is 0 Å². The lowest BCUT2D eigenvalue weighted by Crippen LogP contribution is -2.07. The van der Waals surface area contributed by atoms with Crippen molar-refractivity contribution in [3.05, 3.63) is 12.2 Å². The molecule has 0 spiro atoms. The SMILES string of the molecule is CC1C[C@H](C=CCO)O[C@H]1C. The lowest BCUT2D eigenvalue weighted by Gasteiger charge is -2.06. The molecule has 0 aliphatic carbocycles. The van der Waals surface area contributed by atoms with Gasteiger partial charge in [0.15, 0.2) is 0 Å². The van der Waals surface area contributed by atoms with Gasteiger partial charge in [-0.05, 0) is 19.3 Å². The third-order valence-electron chi connectivity index (χ3n) is 2.25. The zero-order valence-electron chi connectivity index (χ0n) is 7.16. The summed E-state index contributed by atoms with van der Waals surface area (Å²) in [6.45, 7) is 4.40. The van der Waals surface area contributed by atoms with Crippen molar-refractivity contribution < 1.29 is 9.84 Å². The van der Waals surface area contributed by atoms with Gasteiger partial charge in [-0.1, -0.05) is 19.1 Å². The molecule has 1 rings (SSSR count). The Bertz CT molecular complexity index is 132. The molecular formula is C9H16O2. The fraction of sp³-hybridized carbons (Fsp3) is 0.778. The maximum Gasteiger partial charge on any atom is 0.0763 e. The highest BCUT2D eigenvalue weighted by Crippen LogP contribution is 2.25. The average Bonchev–Trinajstić information content (AvgIpc) is 2.28. The molecule has 1 heterocycles. The van der Waals surface area contributed by atoms with E-state index in [-0.39, 0.29) is 12.7 Å². The zero-order chi connectivity index (χ0) is 8.27. The van der Waals surface area contributed by atoms with Gasteiger partial charge in [-0.3, -0.25) is 0 Å². The van der Waals surface area contributed by atoms with Crippen LogP contribution in [0.25, 0.3) is 0 Å². The Labute approximate surface area is 67.9 Å². The average molecular weight is 156 g/mol. The summed E-state index contributed by atoms with van der Waals surface area (Å²) in [6.07, 6.45) is 5.36. The van der Waals surface area contributed by atoms with Gasteiger partial charge in [-0.2, -0.15) is 0 Å². The highest BCUT2D eigenvalue weighted by Gasteiger charge is 2.26. The summed E-state index contributed by atoms with van der Waals surface area (Å²) in [7, 11) is 0. The van der Waals surface area contributed by atoms with Crippen LogP contribution in [0.1, 0.15) is 20.3 Å². The second-order valence-corrected chi connectivity index (χ2v) is 3.20. The molecule has 2 nitrogen and oxygen atoms in total. The number of ether oxygens (including phenoxy) is 1. The van der Waals surface area contributed by atoms with Crippen molar-refractivity contribution in [3.63, 3.8) is 0 Å². The third kappa shape index (κ3) is 2.31. The molecule has 1 aliphatic heterocycles. The van der Waals surface area contributed by atoms with Gasteiger partial charge in [0.05, 0.1) is 18.8 Å². The molecule has 11 heavy (non-hydrogen) atoms. The molecule has 1 N–H and O–H groups in total. The first-order valence-electron chi connectivity index (χ1n) is 4.17. The van der Waals surface area contributed by atoms with E-state index in [9.17, 15) is 0 Å². The molecule has 64 valence electrons. The molecule has 0 aromatic rings. The quantitative estimate of drug-likeness (QED) is 0.611. The van der Waals surface area contributed by atoms with Crippen molar-refractivity contribution in [1.82, 2.24) is 0 Å². The molecule has 0 amide bonds. The van der Waals surface area contributed by atoms with Gasteiger partial charge in [-0.15, -0.1) is 0 Å².